The highest BCUT2D eigenvalue weighted by Gasteiger charge is 2.15. The highest BCUT2D eigenvalue weighted by atomic mass is 16.5. The van der Waals surface area contributed by atoms with Crippen molar-refractivity contribution in [3.8, 4) is 22.7 Å². The minimum absolute atomic E-state index is 0.0655. The molecule has 0 amide bonds. The molecule has 5 aromatic rings. The molecule has 0 saturated heterocycles. The minimum atomic E-state index is -0.217. The SMILES string of the molecule is COc1ccc(-c2nn(-c3ccc(C(=O)c4ccc(C)cc4)cc3)c(=O)c3ccccc23)cc1. The molecule has 0 N–H and O–H groups in total. The molecule has 1 aromatic heterocycles. The number of carbonyl (C=O) groups is 1. The molecule has 0 bridgehead atoms. The molecule has 5 nitrogen and oxygen atoms in total. The number of aromatic nitrogens is 2. The van der Waals surface area contributed by atoms with Crippen LogP contribution in [0.5, 0.6) is 5.75 Å². The van der Waals surface area contributed by atoms with Gasteiger partial charge in [-0.25, -0.2) is 0 Å². The highest BCUT2D eigenvalue weighted by Crippen LogP contribution is 2.27. The molecule has 0 aliphatic rings. The number of rotatable bonds is 5. The van der Waals surface area contributed by atoms with Crippen molar-refractivity contribution in [2.75, 3.05) is 7.11 Å². The maximum atomic E-state index is 13.3. The zero-order chi connectivity index (χ0) is 23.7. The van der Waals surface area contributed by atoms with Crippen LogP contribution in [0.15, 0.2) is 102 Å². The van der Waals surface area contributed by atoms with Crippen molar-refractivity contribution in [1.29, 1.82) is 0 Å². The van der Waals surface area contributed by atoms with Gasteiger partial charge in [-0.3, -0.25) is 9.59 Å². The maximum Gasteiger partial charge on any atom is 0.279 e. The first kappa shape index (κ1) is 21.3. The molecule has 0 unspecified atom stereocenters. The monoisotopic (exact) mass is 446 g/mol. The fourth-order valence-electron chi connectivity index (χ4n) is 3.95. The summed E-state index contributed by atoms with van der Waals surface area (Å²) in [4.78, 5) is 26.1. The maximum absolute atomic E-state index is 13.3. The van der Waals surface area contributed by atoms with Crippen LogP contribution in [0.2, 0.25) is 0 Å². The lowest BCUT2D eigenvalue weighted by Crippen LogP contribution is -2.22. The quantitative estimate of drug-likeness (QED) is 0.330. The van der Waals surface area contributed by atoms with Crippen LogP contribution >= 0.6 is 0 Å². The fraction of sp³-hybridized carbons (Fsp3) is 0.0690. The van der Waals surface area contributed by atoms with Crippen molar-refractivity contribution >= 4 is 16.6 Å². The van der Waals surface area contributed by atoms with Gasteiger partial charge in [-0.05, 0) is 61.5 Å². The van der Waals surface area contributed by atoms with Crippen LogP contribution in [-0.4, -0.2) is 22.7 Å². The van der Waals surface area contributed by atoms with Gasteiger partial charge in [0, 0.05) is 22.1 Å². The molecule has 166 valence electrons. The number of ether oxygens (including phenoxy) is 1. The van der Waals surface area contributed by atoms with E-state index >= 15 is 0 Å². The molecule has 34 heavy (non-hydrogen) atoms. The molecule has 0 spiro atoms. The Balaban J connectivity index is 1.59. The number of methoxy groups -OCH3 is 1. The second kappa shape index (κ2) is 8.79. The van der Waals surface area contributed by atoms with Gasteiger partial charge >= 0.3 is 0 Å². The van der Waals surface area contributed by atoms with E-state index in [1.54, 1.807) is 37.4 Å². The molecule has 5 heteroatoms. The van der Waals surface area contributed by atoms with E-state index in [1.807, 2.05) is 73.7 Å². The van der Waals surface area contributed by atoms with Gasteiger partial charge in [0.2, 0.25) is 0 Å². The molecule has 0 aliphatic carbocycles. The van der Waals surface area contributed by atoms with Gasteiger partial charge < -0.3 is 4.74 Å². The molecule has 1 heterocycles. The van der Waals surface area contributed by atoms with Crippen LogP contribution < -0.4 is 10.3 Å². The second-order valence-corrected chi connectivity index (χ2v) is 8.08. The molecule has 0 fully saturated rings. The van der Waals surface area contributed by atoms with Crippen molar-refractivity contribution in [2.45, 2.75) is 6.92 Å². The van der Waals surface area contributed by atoms with Crippen molar-refractivity contribution in [2.24, 2.45) is 0 Å². The first-order valence-corrected chi connectivity index (χ1v) is 10.9. The van der Waals surface area contributed by atoms with Crippen molar-refractivity contribution < 1.29 is 9.53 Å². The van der Waals surface area contributed by atoms with Crippen molar-refractivity contribution in [1.82, 2.24) is 9.78 Å². The largest absolute Gasteiger partial charge is 0.497 e. The zero-order valence-electron chi connectivity index (χ0n) is 18.9. The van der Waals surface area contributed by atoms with Crippen LogP contribution in [0.1, 0.15) is 21.5 Å². The average Bonchev–Trinajstić information content (AvgIpc) is 2.89. The Bertz CT molecular complexity index is 1550. The van der Waals surface area contributed by atoms with Gasteiger partial charge in [-0.1, -0.05) is 48.0 Å². The molecule has 0 atom stereocenters. The summed E-state index contributed by atoms with van der Waals surface area (Å²) in [7, 11) is 1.62. The van der Waals surface area contributed by atoms with Gasteiger partial charge in [-0.2, -0.15) is 9.78 Å². The lowest BCUT2D eigenvalue weighted by Gasteiger charge is -2.12. The summed E-state index contributed by atoms with van der Waals surface area (Å²) >= 11 is 0. The molecular weight excluding hydrogens is 424 g/mol. The molecular formula is C29H22N2O3. The van der Waals surface area contributed by atoms with Gasteiger partial charge in [0.05, 0.1) is 23.9 Å². The first-order chi connectivity index (χ1) is 16.5. The predicted molar refractivity (Wildman–Crippen MR) is 134 cm³/mol. The van der Waals surface area contributed by atoms with E-state index in [4.69, 9.17) is 9.84 Å². The van der Waals surface area contributed by atoms with Crippen LogP contribution in [-0.2, 0) is 0 Å². The summed E-state index contributed by atoms with van der Waals surface area (Å²) < 4.78 is 6.66. The third-order valence-corrected chi connectivity index (χ3v) is 5.86. The molecule has 5 rings (SSSR count). The van der Waals surface area contributed by atoms with E-state index in [2.05, 4.69) is 0 Å². The molecule has 0 saturated carbocycles. The number of aryl methyl sites for hydroxylation is 1. The van der Waals surface area contributed by atoms with E-state index in [1.165, 1.54) is 4.68 Å². The standard InChI is InChI=1S/C29H22N2O3/c1-19-7-9-21(10-8-19)28(32)22-11-15-23(16-12-22)31-29(33)26-6-4-3-5-25(26)27(30-31)20-13-17-24(34-2)18-14-20/h3-18H,1-2H3. The Morgan fingerprint density at radius 1 is 0.765 bits per heavy atom. The number of hydrogen-bond acceptors (Lipinski definition) is 4. The summed E-state index contributed by atoms with van der Waals surface area (Å²) in [5.41, 5.74) is 4.21. The summed E-state index contributed by atoms with van der Waals surface area (Å²) in [6, 6.07) is 29.5. The number of ketones is 1. The van der Waals surface area contributed by atoms with Gasteiger partial charge in [-0.15, -0.1) is 0 Å². The first-order valence-electron chi connectivity index (χ1n) is 10.9. The molecule has 0 radical (unpaired) electrons. The lowest BCUT2D eigenvalue weighted by molar-refractivity contribution is 0.103. The smallest absolute Gasteiger partial charge is 0.279 e. The van der Waals surface area contributed by atoms with Crippen LogP contribution in [0.3, 0.4) is 0 Å². The number of nitrogens with zero attached hydrogens (tertiary/aromatic N) is 2. The normalized spacial score (nSPS) is 10.9. The summed E-state index contributed by atoms with van der Waals surface area (Å²) in [6.45, 7) is 1.98. The van der Waals surface area contributed by atoms with Crippen LogP contribution in [0.4, 0.5) is 0 Å². The molecule has 4 aromatic carbocycles. The predicted octanol–water partition coefficient (Wildman–Crippen LogP) is 5.60. The Kier molecular flexibility index (Phi) is 5.52. The number of carbonyl (C=O) groups excluding carboxylic acids is 1. The number of benzene rings is 4. The van der Waals surface area contributed by atoms with Crippen LogP contribution in [0, 0.1) is 6.92 Å². The van der Waals surface area contributed by atoms with Gasteiger partial charge in [0.1, 0.15) is 5.75 Å². The Labute approximate surface area is 196 Å². The molecule has 0 aliphatic heterocycles. The van der Waals surface area contributed by atoms with E-state index in [0.717, 1.165) is 22.3 Å². The van der Waals surface area contributed by atoms with Crippen molar-refractivity contribution in [3.05, 3.63) is 124 Å². The Morgan fingerprint density at radius 2 is 1.35 bits per heavy atom. The number of fused-ring (bicyclic) bond motifs is 1. The fourth-order valence-corrected chi connectivity index (χ4v) is 3.95. The third kappa shape index (κ3) is 3.88. The van der Waals surface area contributed by atoms with E-state index in [0.29, 0.717) is 27.9 Å². The zero-order valence-corrected chi connectivity index (χ0v) is 18.9. The summed E-state index contributed by atoms with van der Waals surface area (Å²) in [5, 5.41) is 6.07. The van der Waals surface area contributed by atoms with E-state index in [9.17, 15) is 9.59 Å². The third-order valence-electron chi connectivity index (χ3n) is 5.86. The van der Waals surface area contributed by atoms with E-state index in [-0.39, 0.29) is 11.3 Å². The van der Waals surface area contributed by atoms with Crippen LogP contribution in [0.25, 0.3) is 27.7 Å². The Hall–Kier alpha value is -4.51. The Morgan fingerprint density at radius 3 is 1.97 bits per heavy atom. The van der Waals surface area contributed by atoms with Crippen molar-refractivity contribution in [3.63, 3.8) is 0 Å². The second-order valence-electron chi connectivity index (χ2n) is 8.08. The van der Waals surface area contributed by atoms with Gasteiger partial charge in [0.15, 0.2) is 5.78 Å². The van der Waals surface area contributed by atoms with Gasteiger partial charge in [0.25, 0.3) is 5.56 Å². The summed E-state index contributed by atoms with van der Waals surface area (Å²) in [6.07, 6.45) is 0. The summed E-state index contributed by atoms with van der Waals surface area (Å²) in [5.74, 6) is 0.680. The average molecular weight is 447 g/mol. The minimum Gasteiger partial charge on any atom is -0.497 e. The highest BCUT2D eigenvalue weighted by molar-refractivity contribution is 6.09. The van der Waals surface area contributed by atoms with E-state index < -0.39 is 0 Å². The topological polar surface area (TPSA) is 61.2 Å². The lowest BCUT2D eigenvalue weighted by atomic mass is 10.0. The number of hydrogen-bond donors (Lipinski definition) is 0.